The summed E-state index contributed by atoms with van der Waals surface area (Å²) in [6.07, 6.45) is 3.57. The van der Waals surface area contributed by atoms with Crippen molar-refractivity contribution in [1.29, 1.82) is 0 Å². The number of H-pyrrole nitrogens is 1. The molecule has 0 unspecified atom stereocenters. The summed E-state index contributed by atoms with van der Waals surface area (Å²) in [5.74, 6) is 1.24. The Hall–Kier alpha value is -2.83. The Morgan fingerprint density at radius 2 is 2.20 bits per heavy atom. The number of aromatic nitrogens is 2. The van der Waals surface area contributed by atoms with Crippen LogP contribution in [0.25, 0.3) is 10.9 Å². The van der Waals surface area contributed by atoms with Crippen LogP contribution in [0.2, 0.25) is 0 Å². The Labute approximate surface area is 145 Å². The van der Waals surface area contributed by atoms with Gasteiger partial charge in [0.05, 0.1) is 12.2 Å². The molecule has 0 fully saturated rings. The van der Waals surface area contributed by atoms with E-state index in [1.807, 2.05) is 19.2 Å². The van der Waals surface area contributed by atoms with Crippen LogP contribution >= 0.6 is 0 Å². The number of rotatable bonds is 6. The summed E-state index contributed by atoms with van der Waals surface area (Å²) in [6.45, 7) is 3.27. The van der Waals surface area contributed by atoms with Crippen molar-refractivity contribution < 1.29 is 8.91 Å². The molecule has 0 bridgehead atoms. The number of halogens is 1. The monoisotopic (exact) mass is 343 g/mol. The maximum Gasteiger partial charge on any atom is 0.191 e. The van der Waals surface area contributed by atoms with E-state index in [0.717, 1.165) is 40.8 Å². The minimum atomic E-state index is -0.234. The zero-order valence-electron chi connectivity index (χ0n) is 14.4. The van der Waals surface area contributed by atoms with Crippen LogP contribution in [0, 0.1) is 5.82 Å². The van der Waals surface area contributed by atoms with E-state index in [1.54, 1.807) is 13.1 Å². The van der Waals surface area contributed by atoms with E-state index < -0.39 is 0 Å². The lowest BCUT2D eigenvalue weighted by atomic mass is 10.1. The van der Waals surface area contributed by atoms with Crippen LogP contribution in [0.4, 0.5) is 4.39 Å². The normalized spacial score (nSPS) is 11.9. The molecule has 2 heterocycles. The number of hydrogen-bond donors (Lipinski definition) is 3. The lowest BCUT2D eigenvalue weighted by molar-refractivity contribution is 0.374. The molecule has 132 valence electrons. The van der Waals surface area contributed by atoms with E-state index >= 15 is 0 Å². The van der Waals surface area contributed by atoms with Crippen molar-refractivity contribution in [3.8, 4) is 0 Å². The molecule has 2 aromatic heterocycles. The van der Waals surface area contributed by atoms with Gasteiger partial charge in [-0.15, -0.1) is 0 Å². The van der Waals surface area contributed by atoms with Crippen LogP contribution in [-0.2, 0) is 19.4 Å². The molecule has 0 saturated carbocycles. The number of hydrogen-bond acceptors (Lipinski definition) is 3. The third-order valence-corrected chi connectivity index (χ3v) is 4.04. The van der Waals surface area contributed by atoms with Crippen molar-refractivity contribution in [2.75, 3.05) is 13.6 Å². The molecule has 0 spiro atoms. The van der Waals surface area contributed by atoms with E-state index in [0.29, 0.717) is 19.0 Å². The van der Waals surface area contributed by atoms with Crippen LogP contribution in [0.15, 0.2) is 40.0 Å². The first kappa shape index (κ1) is 17.0. The molecule has 3 rings (SSSR count). The smallest absolute Gasteiger partial charge is 0.191 e. The zero-order chi connectivity index (χ0) is 17.6. The third-order valence-electron chi connectivity index (χ3n) is 4.04. The van der Waals surface area contributed by atoms with Crippen LogP contribution < -0.4 is 10.6 Å². The molecule has 6 nitrogen and oxygen atoms in total. The maximum absolute atomic E-state index is 13.2. The second-order valence-corrected chi connectivity index (χ2v) is 5.74. The SMILES string of the molecule is CCc1cc(CNC(=NC)NCCc2c[nH]c3cc(F)ccc23)on1. The minimum Gasteiger partial charge on any atom is -0.361 e. The second-order valence-electron chi connectivity index (χ2n) is 5.74. The fraction of sp³-hybridized carbons (Fsp3) is 0.333. The van der Waals surface area contributed by atoms with Gasteiger partial charge < -0.3 is 20.1 Å². The van der Waals surface area contributed by atoms with Crippen LogP contribution in [0.3, 0.4) is 0 Å². The number of aryl methyl sites for hydroxylation is 1. The fourth-order valence-corrected chi connectivity index (χ4v) is 2.68. The molecule has 0 aliphatic heterocycles. The lowest BCUT2D eigenvalue weighted by Crippen LogP contribution is -2.37. The van der Waals surface area contributed by atoms with Gasteiger partial charge in [0.15, 0.2) is 11.7 Å². The molecular weight excluding hydrogens is 321 g/mol. The molecule has 3 aromatic rings. The Bertz CT molecular complexity index is 867. The summed E-state index contributed by atoms with van der Waals surface area (Å²) in [5, 5.41) is 11.5. The fourth-order valence-electron chi connectivity index (χ4n) is 2.68. The third kappa shape index (κ3) is 4.17. The summed E-state index contributed by atoms with van der Waals surface area (Å²) in [4.78, 5) is 7.30. The molecule has 0 aliphatic carbocycles. The molecule has 0 saturated heterocycles. The molecule has 0 radical (unpaired) electrons. The highest BCUT2D eigenvalue weighted by Crippen LogP contribution is 2.19. The highest BCUT2D eigenvalue weighted by Gasteiger charge is 2.06. The molecular formula is C18H22FN5O. The number of benzene rings is 1. The summed E-state index contributed by atoms with van der Waals surface area (Å²) in [5.41, 5.74) is 2.89. The molecule has 7 heteroatoms. The summed E-state index contributed by atoms with van der Waals surface area (Å²) in [7, 11) is 1.72. The van der Waals surface area contributed by atoms with Gasteiger partial charge >= 0.3 is 0 Å². The summed E-state index contributed by atoms with van der Waals surface area (Å²) < 4.78 is 18.5. The number of nitrogens with zero attached hydrogens (tertiary/aromatic N) is 2. The topological polar surface area (TPSA) is 78.2 Å². The Balaban J connectivity index is 1.50. The maximum atomic E-state index is 13.2. The average molecular weight is 343 g/mol. The number of nitrogens with one attached hydrogen (secondary N) is 3. The van der Waals surface area contributed by atoms with E-state index in [4.69, 9.17) is 4.52 Å². The van der Waals surface area contributed by atoms with Crippen molar-refractivity contribution in [3.05, 3.63) is 53.3 Å². The van der Waals surface area contributed by atoms with Crippen molar-refractivity contribution in [3.63, 3.8) is 0 Å². The quantitative estimate of drug-likeness (QED) is 0.475. The van der Waals surface area contributed by atoms with Gasteiger partial charge in [-0.2, -0.15) is 0 Å². The molecule has 0 aliphatic rings. The first-order chi connectivity index (χ1) is 12.2. The van der Waals surface area contributed by atoms with E-state index in [2.05, 4.69) is 25.8 Å². The van der Waals surface area contributed by atoms with Crippen LogP contribution in [0.1, 0.15) is 23.9 Å². The van der Waals surface area contributed by atoms with Gasteiger partial charge in [-0.25, -0.2) is 4.39 Å². The number of aliphatic imine (C=N–C) groups is 1. The van der Waals surface area contributed by atoms with Crippen molar-refractivity contribution in [2.45, 2.75) is 26.3 Å². The van der Waals surface area contributed by atoms with E-state index in [1.165, 1.54) is 12.1 Å². The molecule has 0 atom stereocenters. The molecule has 0 amide bonds. The van der Waals surface area contributed by atoms with Gasteiger partial charge in [0.1, 0.15) is 5.82 Å². The molecule has 25 heavy (non-hydrogen) atoms. The van der Waals surface area contributed by atoms with Gasteiger partial charge in [0.2, 0.25) is 0 Å². The predicted octanol–water partition coefficient (Wildman–Crippen LogP) is 2.77. The Morgan fingerprint density at radius 3 is 2.96 bits per heavy atom. The largest absolute Gasteiger partial charge is 0.361 e. The second kappa shape index (κ2) is 7.83. The number of fused-ring (bicyclic) bond motifs is 1. The minimum absolute atomic E-state index is 0.234. The highest BCUT2D eigenvalue weighted by molar-refractivity contribution is 5.83. The van der Waals surface area contributed by atoms with Crippen molar-refractivity contribution in [1.82, 2.24) is 20.8 Å². The van der Waals surface area contributed by atoms with Crippen LogP contribution in [0.5, 0.6) is 0 Å². The first-order valence-corrected chi connectivity index (χ1v) is 8.34. The first-order valence-electron chi connectivity index (χ1n) is 8.34. The van der Waals surface area contributed by atoms with Gasteiger partial charge in [-0.3, -0.25) is 4.99 Å². The van der Waals surface area contributed by atoms with E-state index in [-0.39, 0.29) is 5.82 Å². The summed E-state index contributed by atoms with van der Waals surface area (Å²) in [6, 6.07) is 6.73. The Morgan fingerprint density at radius 1 is 1.32 bits per heavy atom. The van der Waals surface area contributed by atoms with Crippen LogP contribution in [-0.4, -0.2) is 29.7 Å². The highest BCUT2D eigenvalue weighted by atomic mass is 19.1. The zero-order valence-corrected chi connectivity index (χ0v) is 14.4. The lowest BCUT2D eigenvalue weighted by Gasteiger charge is -2.10. The predicted molar refractivity (Wildman–Crippen MR) is 96.0 cm³/mol. The standard InChI is InChI=1S/C18H22FN5O/c1-3-14-9-15(25-24-14)11-23-18(20-2)21-7-6-12-10-22-17-8-13(19)4-5-16(12)17/h4-5,8-10,22H,3,6-7,11H2,1-2H3,(H2,20,21,23). The molecule has 1 aromatic carbocycles. The van der Waals surface area contributed by atoms with Crippen molar-refractivity contribution >= 4 is 16.9 Å². The van der Waals surface area contributed by atoms with Gasteiger partial charge in [0.25, 0.3) is 0 Å². The van der Waals surface area contributed by atoms with Crippen molar-refractivity contribution in [2.24, 2.45) is 4.99 Å². The van der Waals surface area contributed by atoms with E-state index in [9.17, 15) is 4.39 Å². The van der Waals surface area contributed by atoms with Gasteiger partial charge in [-0.1, -0.05) is 12.1 Å². The number of guanidine groups is 1. The van der Waals surface area contributed by atoms with Gasteiger partial charge in [-0.05, 0) is 36.6 Å². The average Bonchev–Trinajstić information content (AvgIpc) is 3.24. The molecule has 3 N–H and O–H groups in total. The summed E-state index contributed by atoms with van der Waals surface area (Å²) >= 11 is 0. The Kier molecular flexibility index (Phi) is 5.33. The number of aromatic amines is 1. The van der Waals surface area contributed by atoms with Gasteiger partial charge in [0, 0.05) is 36.8 Å².